The summed E-state index contributed by atoms with van der Waals surface area (Å²) in [6.45, 7) is 5.86. The van der Waals surface area contributed by atoms with Gasteiger partial charge in [-0.3, -0.25) is 4.90 Å². The van der Waals surface area contributed by atoms with Crippen molar-refractivity contribution in [1.82, 2.24) is 4.90 Å². The lowest BCUT2D eigenvalue weighted by Crippen LogP contribution is -2.29. The fourth-order valence-corrected chi connectivity index (χ4v) is 1.44. The molecule has 0 bridgehead atoms. The summed E-state index contributed by atoms with van der Waals surface area (Å²) >= 11 is 0. The van der Waals surface area contributed by atoms with Crippen LogP contribution in [-0.4, -0.2) is 48.5 Å². The number of likely N-dealkylation sites (tertiary alicyclic amines) is 1. The second-order valence-corrected chi connectivity index (χ2v) is 3.39. The van der Waals surface area contributed by atoms with Gasteiger partial charge in [-0.1, -0.05) is 0 Å². The van der Waals surface area contributed by atoms with Crippen molar-refractivity contribution in [2.45, 2.75) is 32.1 Å². The van der Waals surface area contributed by atoms with E-state index in [9.17, 15) is 5.11 Å². The number of ether oxygens (including phenoxy) is 1. The summed E-state index contributed by atoms with van der Waals surface area (Å²) in [4.78, 5) is 2.22. The molecule has 0 amide bonds. The van der Waals surface area contributed by atoms with Crippen LogP contribution in [0.2, 0.25) is 0 Å². The minimum Gasteiger partial charge on any atom is -0.389 e. The summed E-state index contributed by atoms with van der Waals surface area (Å²) in [6.07, 6.45) is -0.292. The van der Waals surface area contributed by atoms with Crippen LogP contribution in [-0.2, 0) is 4.74 Å². The van der Waals surface area contributed by atoms with Crippen LogP contribution in [0.3, 0.4) is 0 Å². The SMILES string of the molecule is CO[C@@H]1CN(C(C)C)C[C@H]1O. The molecule has 0 aliphatic carbocycles. The summed E-state index contributed by atoms with van der Waals surface area (Å²) in [5.41, 5.74) is 0. The minimum atomic E-state index is -0.303. The third kappa shape index (κ3) is 1.92. The van der Waals surface area contributed by atoms with E-state index in [4.69, 9.17) is 4.74 Å². The number of aliphatic hydroxyl groups is 1. The molecule has 0 aromatic carbocycles. The Morgan fingerprint density at radius 2 is 2.09 bits per heavy atom. The molecule has 0 spiro atoms. The van der Waals surface area contributed by atoms with Gasteiger partial charge in [-0.15, -0.1) is 0 Å². The van der Waals surface area contributed by atoms with Crippen molar-refractivity contribution in [2.24, 2.45) is 0 Å². The Kier molecular flexibility index (Phi) is 2.87. The van der Waals surface area contributed by atoms with Crippen LogP contribution in [0.25, 0.3) is 0 Å². The first kappa shape index (κ1) is 8.97. The van der Waals surface area contributed by atoms with Gasteiger partial charge in [0.05, 0.1) is 12.2 Å². The molecular formula is C8H17NO2. The van der Waals surface area contributed by atoms with Crippen LogP contribution in [0, 0.1) is 0 Å². The summed E-state index contributed by atoms with van der Waals surface area (Å²) in [7, 11) is 1.65. The highest BCUT2D eigenvalue weighted by Gasteiger charge is 2.32. The molecule has 3 heteroatoms. The van der Waals surface area contributed by atoms with E-state index in [0.717, 1.165) is 13.1 Å². The first-order valence-corrected chi connectivity index (χ1v) is 4.10. The highest BCUT2D eigenvalue weighted by Crippen LogP contribution is 2.14. The van der Waals surface area contributed by atoms with Gasteiger partial charge in [0, 0.05) is 26.2 Å². The number of β-amino-alcohol motifs (C(OH)–C–C–N with tert-alkyl or cyclic N) is 1. The molecule has 1 saturated heterocycles. The molecule has 0 aromatic heterocycles. The Labute approximate surface area is 68.0 Å². The van der Waals surface area contributed by atoms with Crippen LogP contribution in [0.15, 0.2) is 0 Å². The maximum atomic E-state index is 9.44. The largest absolute Gasteiger partial charge is 0.389 e. The molecule has 0 radical (unpaired) electrons. The van der Waals surface area contributed by atoms with E-state index >= 15 is 0 Å². The number of rotatable bonds is 2. The third-order valence-corrected chi connectivity index (χ3v) is 2.30. The maximum absolute atomic E-state index is 9.44. The van der Waals surface area contributed by atoms with E-state index < -0.39 is 0 Å². The Hall–Kier alpha value is -0.120. The fourth-order valence-electron chi connectivity index (χ4n) is 1.44. The first-order chi connectivity index (χ1) is 5.15. The van der Waals surface area contributed by atoms with Gasteiger partial charge in [-0.25, -0.2) is 0 Å². The van der Waals surface area contributed by atoms with Gasteiger partial charge >= 0.3 is 0 Å². The quantitative estimate of drug-likeness (QED) is 0.619. The van der Waals surface area contributed by atoms with Crippen molar-refractivity contribution in [2.75, 3.05) is 20.2 Å². The molecule has 0 saturated carbocycles. The average molecular weight is 159 g/mol. The minimum absolute atomic E-state index is 0.0115. The second-order valence-electron chi connectivity index (χ2n) is 3.39. The summed E-state index contributed by atoms with van der Waals surface area (Å²) < 4.78 is 5.11. The van der Waals surface area contributed by atoms with Crippen LogP contribution in [0.1, 0.15) is 13.8 Å². The fraction of sp³-hybridized carbons (Fsp3) is 1.00. The van der Waals surface area contributed by atoms with Crippen molar-refractivity contribution < 1.29 is 9.84 Å². The molecule has 3 nitrogen and oxygen atoms in total. The maximum Gasteiger partial charge on any atom is 0.0969 e. The lowest BCUT2D eigenvalue weighted by molar-refractivity contribution is 0.0214. The molecule has 1 heterocycles. The van der Waals surface area contributed by atoms with E-state index in [2.05, 4.69) is 18.7 Å². The zero-order chi connectivity index (χ0) is 8.43. The van der Waals surface area contributed by atoms with Crippen LogP contribution < -0.4 is 0 Å². The second kappa shape index (κ2) is 3.52. The summed E-state index contributed by atoms with van der Waals surface area (Å²) in [5.74, 6) is 0. The number of methoxy groups -OCH3 is 1. The van der Waals surface area contributed by atoms with Crippen LogP contribution in [0.4, 0.5) is 0 Å². The van der Waals surface area contributed by atoms with Crippen molar-refractivity contribution in [3.05, 3.63) is 0 Å². The monoisotopic (exact) mass is 159 g/mol. The van der Waals surface area contributed by atoms with Gasteiger partial charge in [-0.05, 0) is 13.8 Å². The zero-order valence-corrected chi connectivity index (χ0v) is 7.45. The Balaban J connectivity index is 2.43. The average Bonchev–Trinajstić information content (AvgIpc) is 2.31. The molecule has 1 rings (SSSR count). The molecule has 0 aromatic rings. The Morgan fingerprint density at radius 3 is 2.36 bits per heavy atom. The molecule has 11 heavy (non-hydrogen) atoms. The van der Waals surface area contributed by atoms with Gasteiger partial charge in [0.25, 0.3) is 0 Å². The van der Waals surface area contributed by atoms with Crippen LogP contribution in [0.5, 0.6) is 0 Å². The molecule has 66 valence electrons. The summed E-state index contributed by atoms with van der Waals surface area (Å²) in [6, 6.07) is 0.504. The highest BCUT2D eigenvalue weighted by molar-refractivity contribution is 4.85. The van der Waals surface area contributed by atoms with E-state index in [-0.39, 0.29) is 12.2 Å². The Morgan fingerprint density at radius 1 is 1.45 bits per heavy atom. The van der Waals surface area contributed by atoms with E-state index in [1.807, 2.05) is 0 Å². The smallest absolute Gasteiger partial charge is 0.0969 e. The van der Waals surface area contributed by atoms with E-state index in [0.29, 0.717) is 6.04 Å². The number of aliphatic hydroxyl groups excluding tert-OH is 1. The molecule has 2 atom stereocenters. The zero-order valence-electron chi connectivity index (χ0n) is 7.45. The topological polar surface area (TPSA) is 32.7 Å². The van der Waals surface area contributed by atoms with E-state index in [1.54, 1.807) is 7.11 Å². The highest BCUT2D eigenvalue weighted by atomic mass is 16.5. The predicted molar refractivity (Wildman–Crippen MR) is 43.5 cm³/mol. The molecule has 1 aliphatic heterocycles. The van der Waals surface area contributed by atoms with Gasteiger partial charge in [0.15, 0.2) is 0 Å². The van der Waals surface area contributed by atoms with Gasteiger partial charge in [0.2, 0.25) is 0 Å². The number of hydrogen-bond acceptors (Lipinski definition) is 3. The third-order valence-electron chi connectivity index (χ3n) is 2.30. The number of nitrogens with zero attached hydrogens (tertiary/aromatic N) is 1. The first-order valence-electron chi connectivity index (χ1n) is 4.10. The van der Waals surface area contributed by atoms with Crippen LogP contribution >= 0.6 is 0 Å². The van der Waals surface area contributed by atoms with Gasteiger partial charge < -0.3 is 9.84 Å². The molecular weight excluding hydrogens is 142 g/mol. The van der Waals surface area contributed by atoms with Crippen molar-refractivity contribution in [3.63, 3.8) is 0 Å². The summed E-state index contributed by atoms with van der Waals surface area (Å²) in [5, 5.41) is 9.44. The molecule has 1 aliphatic rings. The lowest BCUT2D eigenvalue weighted by Gasteiger charge is -2.19. The molecule has 1 fully saturated rings. The van der Waals surface area contributed by atoms with Crippen molar-refractivity contribution in [1.29, 1.82) is 0 Å². The molecule has 0 unspecified atom stereocenters. The lowest BCUT2D eigenvalue weighted by atomic mass is 10.3. The molecule has 1 N–H and O–H groups in total. The predicted octanol–water partition coefficient (Wildman–Crippen LogP) is 0.0863. The van der Waals surface area contributed by atoms with Crippen molar-refractivity contribution >= 4 is 0 Å². The van der Waals surface area contributed by atoms with Gasteiger partial charge in [0.1, 0.15) is 0 Å². The number of hydrogen-bond donors (Lipinski definition) is 1. The van der Waals surface area contributed by atoms with Crippen molar-refractivity contribution in [3.8, 4) is 0 Å². The van der Waals surface area contributed by atoms with Gasteiger partial charge in [-0.2, -0.15) is 0 Å². The Bertz CT molecular complexity index is 127. The normalized spacial score (nSPS) is 33.5. The van der Waals surface area contributed by atoms with E-state index in [1.165, 1.54) is 0 Å². The standard InChI is InChI=1S/C8H17NO2/c1-6(2)9-4-7(10)8(5-9)11-3/h6-8,10H,4-5H2,1-3H3/t7-,8-/m1/s1.